The molecule has 1 N–H and O–H groups in total. The summed E-state index contributed by atoms with van der Waals surface area (Å²) >= 11 is 18.6. The lowest BCUT2D eigenvalue weighted by molar-refractivity contribution is 1.15. The Balaban J connectivity index is 2.35. The molecule has 17 heavy (non-hydrogen) atoms. The molecule has 7 heteroatoms. The summed E-state index contributed by atoms with van der Waals surface area (Å²) in [6.45, 7) is 0. The fraction of sp³-hybridized carbons (Fsp3) is 0. The highest BCUT2D eigenvalue weighted by Crippen LogP contribution is 2.32. The first-order chi connectivity index (χ1) is 8.08. The van der Waals surface area contributed by atoms with Gasteiger partial charge in [-0.05, 0) is 34.1 Å². The predicted octanol–water partition coefficient (Wildman–Crippen LogP) is 5.05. The van der Waals surface area contributed by atoms with Gasteiger partial charge in [0.1, 0.15) is 17.3 Å². The smallest absolute Gasteiger partial charge is 0.149 e. The van der Waals surface area contributed by atoms with Gasteiger partial charge in [-0.1, -0.05) is 39.1 Å². The van der Waals surface area contributed by atoms with Crippen molar-refractivity contribution in [1.29, 1.82) is 0 Å². The Morgan fingerprint density at radius 1 is 1.12 bits per heavy atom. The zero-order valence-corrected chi connectivity index (χ0v) is 12.9. The van der Waals surface area contributed by atoms with Gasteiger partial charge in [-0.2, -0.15) is 0 Å². The largest absolute Gasteiger partial charge is 0.338 e. The van der Waals surface area contributed by atoms with Crippen molar-refractivity contribution in [1.82, 2.24) is 9.97 Å². The fourth-order valence-electron chi connectivity index (χ4n) is 1.15. The summed E-state index contributed by atoms with van der Waals surface area (Å²) in [5.41, 5.74) is 0.741. The molecule has 0 aliphatic rings. The topological polar surface area (TPSA) is 37.8 Å². The SMILES string of the molecule is Clc1cc(Br)ccc1Nc1ncnc(Cl)c1Br. The highest BCUT2D eigenvalue weighted by atomic mass is 79.9. The van der Waals surface area contributed by atoms with E-state index in [2.05, 4.69) is 47.1 Å². The maximum Gasteiger partial charge on any atom is 0.149 e. The third kappa shape index (κ3) is 3.10. The molecule has 2 rings (SSSR count). The van der Waals surface area contributed by atoms with E-state index in [0.29, 0.717) is 20.5 Å². The number of benzene rings is 1. The molecule has 0 saturated heterocycles. The van der Waals surface area contributed by atoms with E-state index >= 15 is 0 Å². The average Bonchev–Trinajstić information content (AvgIpc) is 2.28. The lowest BCUT2D eigenvalue weighted by Crippen LogP contribution is -1.96. The van der Waals surface area contributed by atoms with Gasteiger partial charge in [-0.25, -0.2) is 9.97 Å². The Labute approximate surface area is 125 Å². The van der Waals surface area contributed by atoms with Crippen LogP contribution < -0.4 is 5.32 Å². The summed E-state index contributed by atoms with van der Waals surface area (Å²) in [5, 5.41) is 4.00. The van der Waals surface area contributed by atoms with E-state index < -0.39 is 0 Å². The molecular weight excluding hydrogens is 393 g/mol. The molecule has 1 heterocycles. The first kappa shape index (κ1) is 13.1. The molecule has 2 aromatic rings. The van der Waals surface area contributed by atoms with Crippen LogP contribution in [0.2, 0.25) is 10.2 Å². The summed E-state index contributed by atoms with van der Waals surface area (Å²) in [6, 6.07) is 5.51. The first-order valence-corrected chi connectivity index (χ1v) is 6.80. The first-order valence-electron chi connectivity index (χ1n) is 4.46. The van der Waals surface area contributed by atoms with Crippen molar-refractivity contribution >= 4 is 66.6 Å². The molecule has 0 amide bonds. The molecule has 3 nitrogen and oxygen atoms in total. The van der Waals surface area contributed by atoms with Crippen molar-refractivity contribution in [3.63, 3.8) is 0 Å². The number of anilines is 2. The van der Waals surface area contributed by atoms with Crippen molar-refractivity contribution in [2.45, 2.75) is 0 Å². The minimum atomic E-state index is 0.343. The second kappa shape index (κ2) is 5.52. The second-order valence-electron chi connectivity index (χ2n) is 3.08. The van der Waals surface area contributed by atoms with Crippen molar-refractivity contribution in [3.05, 3.63) is 43.6 Å². The average molecular weight is 398 g/mol. The summed E-state index contributed by atoms with van der Waals surface area (Å²) in [4.78, 5) is 7.92. The number of nitrogens with zero attached hydrogens (tertiary/aromatic N) is 2. The molecule has 0 atom stereocenters. The van der Waals surface area contributed by atoms with Gasteiger partial charge in [0.15, 0.2) is 0 Å². The van der Waals surface area contributed by atoms with E-state index in [-0.39, 0.29) is 0 Å². The van der Waals surface area contributed by atoms with Crippen LogP contribution in [0.15, 0.2) is 33.5 Å². The van der Waals surface area contributed by atoms with Crippen LogP contribution in [-0.4, -0.2) is 9.97 Å². The number of hydrogen-bond donors (Lipinski definition) is 1. The van der Waals surface area contributed by atoms with E-state index in [1.165, 1.54) is 6.33 Å². The predicted molar refractivity (Wildman–Crippen MR) is 77.2 cm³/mol. The molecule has 0 radical (unpaired) electrons. The van der Waals surface area contributed by atoms with Crippen molar-refractivity contribution in [3.8, 4) is 0 Å². The molecule has 0 saturated carbocycles. The van der Waals surface area contributed by atoms with E-state index in [9.17, 15) is 0 Å². The van der Waals surface area contributed by atoms with Crippen LogP contribution in [0.25, 0.3) is 0 Å². The van der Waals surface area contributed by atoms with E-state index in [0.717, 1.165) is 10.2 Å². The highest BCUT2D eigenvalue weighted by Gasteiger charge is 2.08. The highest BCUT2D eigenvalue weighted by molar-refractivity contribution is 9.11. The van der Waals surface area contributed by atoms with E-state index in [1.54, 1.807) is 6.07 Å². The standard InChI is InChI=1S/C10H5Br2Cl2N3/c11-5-1-2-7(6(13)3-5)17-10-8(12)9(14)15-4-16-10/h1-4H,(H,15,16,17). The summed E-state index contributed by atoms with van der Waals surface area (Å²) in [6.07, 6.45) is 1.38. The lowest BCUT2D eigenvalue weighted by atomic mass is 10.3. The molecule has 0 spiro atoms. The number of nitrogens with one attached hydrogen (secondary N) is 1. The zero-order chi connectivity index (χ0) is 12.4. The Morgan fingerprint density at radius 3 is 2.59 bits per heavy atom. The molecule has 0 aliphatic heterocycles. The third-order valence-corrected chi connectivity index (χ3v) is 4.00. The Kier molecular flexibility index (Phi) is 4.25. The summed E-state index contributed by atoms with van der Waals surface area (Å²) < 4.78 is 1.51. The molecule has 1 aromatic heterocycles. The van der Waals surface area contributed by atoms with Crippen LogP contribution in [0.3, 0.4) is 0 Å². The van der Waals surface area contributed by atoms with Crippen LogP contribution in [-0.2, 0) is 0 Å². The van der Waals surface area contributed by atoms with Gasteiger partial charge in [0.2, 0.25) is 0 Å². The second-order valence-corrected chi connectivity index (χ2v) is 5.55. The van der Waals surface area contributed by atoms with Gasteiger partial charge >= 0.3 is 0 Å². The van der Waals surface area contributed by atoms with Gasteiger partial charge in [-0.15, -0.1) is 0 Å². The number of rotatable bonds is 2. The summed E-state index contributed by atoms with van der Waals surface area (Å²) in [7, 11) is 0. The van der Waals surface area contributed by atoms with Crippen LogP contribution in [0, 0.1) is 0 Å². The molecule has 88 valence electrons. The van der Waals surface area contributed by atoms with Gasteiger partial charge < -0.3 is 5.32 Å². The third-order valence-electron chi connectivity index (χ3n) is 1.93. The lowest BCUT2D eigenvalue weighted by Gasteiger charge is -2.09. The number of hydrogen-bond acceptors (Lipinski definition) is 3. The van der Waals surface area contributed by atoms with Gasteiger partial charge in [-0.3, -0.25) is 0 Å². The van der Waals surface area contributed by atoms with Crippen LogP contribution >= 0.6 is 55.1 Å². The van der Waals surface area contributed by atoms with E-state index in [4.69, 9.17) is 23.2 Å². The van der Waals surface area contributed by atoms with Crippen LogP contribution in [0.1, 0.15) is 0 Å². The normalized spacial score (nSPS) is 10.4. The van der Waals surface area contributed by atoms with Crippen LogP contribution in [0.5, 0.6) is 0 Å². The van der Waals surface area contributed by atoms with Crippen molar-refractivity contribution < 1.29 is 0 Å². The van der Waals surface area contributed by atoms with Crippen molar-refractivity contribution in [2.75, 3.05) is 5.32 Å². The Hall–Kier alpha value is -0.360. The van der Waals surface area contributed by atoms with Gasteiger partial charge in [0.25, 0.3) is 0 Å². The molecule has 0 fully saturated rings. The maximum absolute atomic E-state index is 6.09. The quantitative estimate of drug-likeness (QED) is 0.720. The number of halogens is 4. The minimum Gasteiger partial charge on any atom is -0.338 e. The van der Waals surface area contributed by atoms with Crippen LogP contribution in [0.4, 0.5) is 11.5 Å². The minimum absolute atomic E-state index is 0.343. The Morgan fingerprint density at radius 2 is 1.88 bits per heavy atom. The maximum atomic E-state index is 6.09. The fourth-order valence-corrected chi connectivity index (χ4v) is 2.31. The molecule has 0 bridgehead atoms. The summed E-state index contributed by atoms with van der Waals surface area (Å²) in [5.74, 6) is 0.564. The molecular formula is C10H5Br2Cl2N3. The monoisotopic (exact) mass is 395 g/mol. The van der Waals surface area contributed by atoms with Gasteiger partial charge in [0, 0.05) is 4.47 Å². The molecule has 0 unspecified atom stereocenters. The molecule has 1 aromatic carbocycles. The van der Waals surface area contributed by atoms with Crippen molar-refractivity contribution in [2.24, 2.45) is 0 Å². The number of aromatic nitrogens is 2. The Bertz CT molecular complexity index is 563. The molecule has 0 aliphatic carbocycles. The zero-order valence-electron chi connectivity index (χ0n) is 8.22. The van der Waals surface area contributed by atoms with E-state index in [1.807, 2.05) is 12.1 Å². The van der Waals surface area contributed by atoms with Gasteiger partial charge in [0.05, 0.1) is 15.2 Å².